The van der Waals surface area contributed by atoms with E-state index in [1.807, 2.05) is 13.8 Å². The molecule has 0 aromatic heterocycles. The average molecular weight is 195 g/mol. The number of rotatable bonds is 3. The molecule has 1 atom stereocenters. The summed E-state index contributed by atoms with van der Waals surface area (Å²) in [4.78, 5) is 11.7. The molecule has 76 valence electrons. The first kappa shape index (κ1) is 10.7. The number of nitrogens with two attached hydrogens (primary N) is 1. The van der Waals surface area contributed by atoms with E-state index in [1.54, 1.807) is 0 Å². The second kappa shape index (κ2) is 4.22. The van der Waals surface area contributed by atoms with Gasteiger partial charge in [0.15, 0.2) is 5.78 Å². The fourth-order valence-electron chi connectivity index (χ4n) is 1.19. The van der Waals surface area contributed by atoms with E-state index in [2.05, 4.69) is 0 Å². The van der Waals surface area contributed by atoms with Crippen molar-refractivity contribution in [3.63, 3.8) is 0 Å². The van der Waals surface area contributed by atoms with Crippen LogP contribution in [0.1, 0.15) is 30.6 Å². The number of Topliss-reactive ketones (excluding diaryl/α,β-unsaturated/α-hetero) is 1. The molecule has 0 bridgehead atoms. The number of hydrogen-bond donors (Lipinski definition) is 1. The summed E-state index contributed by atoms with van der Waals surface area (Å²) in [7, 11) is 0. The summed E-state index contributed by atoms with van der Waals surface area (Å²) in [5.74, 6) is -0.630. The van der Waals surface area contributed by atoms with Crippen molar-refractivity contribution < 1.29 is 9.18 Å². The number of hydrogen-bond acceptors (Lipinski definition) is 2. The van der Waals surface area contributed by atoms with Crippen LogP contribution in [0.15, 0.2) is 18.2 Å². The van der Waals surface area contributed by atoms with E-state index >= 15 is 0 Å². The summed E-state index contributed by atoms with van der Waals surface area (Å²) in [6.45, 7) is 3.73. The van der Waals surface area contributed by atoms with Gasteiger partial charge in [-0.1, -0.05) is 13.8 Å². The Morgan fingerprint density at radius 1 is 1.57 bits per heavy atom. The van der Waals surface area contributed by atoms with Crippen molar-refractivity contribution in [3.05, 3.63) is 29.6 Å². The summed E-state index contributed by atoms with van der Waals surface area (Å²) in [6.07, 6.45) is 0.731. The lowest BCUT2D eigenvalue weighted by molar-refractivity contribution is 0.0927. The molecule has 0 fully saturated rings. The molecule has 0 saturated heterocycles. The molecule has 2 N–H and O–H groups in total. The van der Waals surface area contributed by atoms with Gasteiger partial charge >= 0.3 is 0 Å². The smallest absolute Gasteiger partial charge is 0.167 e. The number of nitrogen functional groups attached to an aromatic ring is 1. The molecule has 1 aromatic rings. The standard InChI is InChI=1S/C11H14FNO/c1-3-7(2)11(14)9-6-8(12)4-5-10(9)13/h4-7H,3,13H2,1-2H3. The van der Waals surface area contributed by atoms with Crippen LogP contribution in [0.5, 0.6) is 0 Å². The van der Waals surface area contributed by atoms with Crippen molar-refractivity contribution >= 4 is 11.5 Å². The van der Waals surface area contributed by atoms with Crippen LogP contribution in [-0.4, -0.2) is 5.78 Å². The largest absolute Gasteiger partial charge is 0.398 e. The Morgan fingerprint density at radius 3 is 2.79 bits per heavy atom. The Hall–Kier alpha value is -1.38. The van der Waals surface area contributed by atoms with Crippen molar-refractivity contribution in [2.24, 2.45) is 5.92 Å². The van der Waals surface area contributed by atoms with Crippen molar-refractivity contribution in [3.8, 4) is 0 Å². The first-order valence-corrected chi connectivity index (χ1v) is 4.65. The zero-order chi connectivity index (χ0) is 10.7. The normalized spacial score (nSPS) is 12.5. The van der Waals surface area contributed by atoms with E-state index in [-0.39, 0.29) is 11.7 Å². The third-order valence-electron chi connectivity index (χ3n) is 2.34. The van der Waals surface area contributed by atoms with E-state index in [9.17, 15) is 9.18 Å². The van der Waals surface area contributed by atoms with Crippen LogP contribution in [0.25, 0.3) is 0 Å². The van der Waals surface area contributed by atoms with Gasteiger partial charge in [0, 0.05) is 17.2 Å². The molecule has 0 amide bonds. The van der Waals surface area contributed by atoms with E-state index in [0.717, 1.165) is 6.42 Å². The van der Waals surface area contributed by atoms with Crippen LogP contribution < -0.4 is 5.73 Å². The van der Waals surface area contributed by atoms with Crippen LogP contribution >= 0.6 is 0 Å². The molecule has 0 heterocycles. The quantitative estimate of drug-likeness (QED) is 0.595. The Balaban J connectivity index is 3.06. The van der Waals surface area contributed by atoms with Gasteiger partial charge in [-0.15, -0.1) is 0 Å². The zero-order valence-corrected chi connectivity index (χ0v) is 8.38. The molecule has 1 aromatic carbocycles. The van der Waals surface area contributed by atoms with E-state index in [0.29, 0.717) is 11.3 Å². The van der Waals surface area contributed by atoms with Crippen LogP contribution in [0.4, 0.5) is 10.1 Å². The summed E-state index contributed by atoms with van der Waals surface area (Å²) in [6, 6.07) is 3.87. The van der Waals surface area contributed by atoms with Crippen molar-refractivity contribution in [1.82, 2.24) is 0 Å². The Kier molecular flexibility index (Phi) is 3.23. The minimum Gasteiger partial charge on any atom is -0.398 e. The van der Waals surface area contributed by atoms with E-state index in [1.165, 1.54) is 18.2 Å². The first-order chi connectivity index (χ1) is 6.56. The second-order valence-corrected chi connectivity index (χ2v) is 3.41. The average Bonchev–Trinajstić information content (AvgIpc) is 2.19. The van der Waals surface area contributed by atoms with Gasteiger partial charge in [0.1, 0.15) is 5.82 Å². The highest BCUT2D eigenvalue weighted by molar-refractivity contribution is 6.02. The Labute approximate surface area is 82.9 Å². The number of ketones is 1. The second-order valence-electron chi connectivity index (χ2n) is 3.41. The lowest BCUT2D eigenvalue weighted by atomic mass is 9.96. The van der Waals surface area contributed by atoms with Crippen LogP contribution in [-0.2, 0) is 0 Å². The summed E-state index contributed by atoms with van der Waals surface area (Å²) in [5.41, 5.74) is 6.23. The highest BCUT2D eigenvalue weighted by atomic mass is 19.1. The predicted molar refractivity (Wildman–Crippen MR) is 54.6 cm³/mol. The number of carbonyl (C=O) groups excluding carboxylic acids is 1. The number of carbonyl (C=O) groups is 1. The minimum atomic E-state index is -0.425. The molecule has 14 heavy (non-hydrogen) atoms. The van der Waals surface area contributed by atoms with Crippen LogP contribution in [0, 0.1) is 11.7 Å². The van der Waals surface area contributed by atoms with Crippen LogP contribution in [0.3, 0.4) is 0 Å². The van der Waals surface area contributed by atoms with E-state index in [4.69, 9.17) is 5.73 Å². The maximum absolute atomic E-state index is 12.9. The van der Waals surface area contributed by atoms with Gasteiger partial charge in [-0.25, -0.2) is 4.39 Å². The summed E-state index contributed by atoms with van der Waals surface area (Å²) < 4.78 is 12.9. The predicted octanol–water partition coefficient (Wildman–Crippen LogP) is 2.64. The van der Waals surface area contributed by atoms with Gasteiger partial charge in [-0.3, -0.25) is 4.79 Å². The summed E-state index contributed by atoms with van der Waals surface area (Å²) in [5, 5.41) is 0. The third kappa shape index (κ3) is 2.10. The van der Waals surface area contributed by atoms with Crippen LogP contribution in [0.2, 0.25) is 0 Å². The van der Waals surface area contributed by atoms with Gasteiger partial charge < -0.3 is 5.73 Å². The van der Waals surface area contributed by atoms with Crippen molar-refractivity contribution in [2.75, 3.05) is 5.73 Å². The molecular formula is C11H14FNO. The van der Waals surface area contributed by atoms with Gasteiger partial charge in [-0.2, -0.15) is 0 Å². The van der Waals surface area contributed by atoms with Gasteiger partial charge in [0.2, 0.25) is 0 Å². The number of anilines is 1. The monoisotopic (exact) mass is 195 g/mol. The molecular weight excluding hydrogens is 181 g/mol. The molecule has 2 nitrogen and oxygen atoms in total. The topological polar surface area (TPSA) is 43.1 Å². The Bertz CT molecular complexity index is 349. The van der Waals surface area contributed by atoms with Crippen molar-refractivity contribution in [2.45, 2.75) is 20.3 Å². The maximum atomic E-state index is 12.9. The fraction of sp³-hybridized carbons (Fsp3) is 0.364. The summed E-state index contributed by atoms with van der Waals surface area (Å²) >= 11 is 0. The Morgan fingerprint density at radius 2 is 2.21 bits per heavy atom. The molecule has 0 aliphatic rings. The molecule has 0 aliphatic heterocycles. The molecule has 1 unspecified atom stereocenters. The molecule has 1 rings (SSSR count). The fourth-order valence-corrected chi connectivity index (χ4v) is 1.19. The molecule has 0 aliphatic carbocycles. The molecule has 3 heteroatoms. The third-order valence-corrected chi connectivity index (χ3v) is 2.34. The minimum absolute atomic E-state index is 0.0931. The number of benzene rings is 1. The maximum Gasteiger partial charge on any atom is 0.167 e. The van der Waals surface area contributed by atoms with Gasteiger partial charge in [-0.05, 0) is 24.6 Å². The zero-order valence-electron chi connectivity index (χ0n) is 8.38. The van der Waals surface area contributed by atoms with Gasteiger partial charge in [0.05, 0.1) is 0 Å². The lowest BCUT2D eigenvalue weighted by Gasteiger charge is -2.09. The molecule has 0 spiro atoms. The number of halogens is 1. The van der Waals surface area contributed by atoms with Crippen molar-refractivity contribution in [1.29, 1.82) is 0 Å². The molecule has 0 radical (unpaired) electrons. The SMILES string of the molecule is CCC(C)C(=O)c1cc(F)ccc1N. The highest BCUT2D eigenvalue weighted by Crippen LogP contribution is 2.19. The highest BCUT2D eigenvalue weighted by Gasteiger charge is 2.16. The first-order valence-electron chi connectivity index (χ1n) is 4.65. The van der Waals surface area contributed by atoms with E-state index < -0.39 is 5.82 Å². The lowest BCUT2D eigenvalue weighted by Crippen LogP contribution is -2.12. The van der Waals surface area contributed by atoms with Gasteiger partial charge in [0.25, 0.3) is 0 Å². The molecule has 0 saturated carbocycles.